The number of anilines is 2. The summed E-state index contributed by atoms with van der Waals surface area (Å²) in [4.78, 5) is 32.3. The Morgan fingerprint density at radius 1 is 0.737 bits per heavy atom. The monoisotopic (exact) mass is 813 g/mol. The summed E-state index contributed by atoms with van der Waals surface area (Å²) in [5.74, 6) is -1.43. The highest BCUT2D eigenvalue weighted by Gasteiger charge is 2.25. The van der Waals surface area contributed by atoms with Gasteiger partial charge < -0.3 is 36.6 Å². The molecule has 0 saturated heterocycles. The van der Waals surface area contributed by atoms with Crippen molar-refractivity contribution < 1.29 is 29.7 Å². The number of carbonyl (C=O) groups is 3. The van der Waals surface area contributed by atoms with E-state index in [4.69, 9.17) is 10.2 Å². The first-order valence-electron chi connectivity index (χ1n) is 20.0. The predicted molar refractivity (Wildman–Crippen MR) is 244 cm³/mol. The van der Waals surface area contributed by atoms with Crippen LogP contribution < -0.4 is 21.3 Å². The van der Waals surface area contributed by atoms with E-state index >= 15 is 0 Å². The summed E-state index contributed by atoms with van der Waals surface area (Å²) in [5, 5.41) is 39.7. The summed E-state index contributed by atoms with van der Waals surface area (Å²) >= 11 is 1.20. The Kier molecular flexibility index (Phi) is 29.5. The smallest absolute Gasteiger partial charge is 0.313 e. The first-order valence-corrected chi connectivity index (χ1v) is 21.1. The standard InChI is InChI=1S/2C11H13N.C9H16O4S.C7H12O2.2C4H11N/c2*1-8-7-10-5-3-4-6-11(10)12-9(8)2;1-6(14-5-8(11)12)4-7(10)9(2,3)13;1-4-5-6(8)7(2,3)9;2*1-3-5-4-2/h2*3-6,12H,7H2,1-2H3;6,13H,4-5H2,1-3H3,(H,11,12);4-5,9H,1-3H3;2*5H,3-4H2,1-2H3/b;;;5-4+;;. The molecule has 2 aliphatic rings. The molecule has 7 N–H and O–H groups in total. The van der Waals surface area contributed by atoms with Crippen LogP contribution in [-0.2, 0) is 27.2 Å². The van der Waals surface area contributed by atoms with Crippen LogP contribution in [0.4, 0.5) is 11.4 Å². The lowest BCUT2D eigenvalue weighted by Gasteiger charge is -2.20. The summed E-state index contributed by atoms with van der Waals surface area (Å²) in [6.07, 6.45) is 5.35. The largest absolute Gasteiger partial charge is 0.481 e. The predicted octanol–water partition coefficient (Wildman–Crippen LogP) is 8.95. The van der Waals surface area contributed by atoms with Crippen molar-refractivity contribution >= 4 is 40.7 Å². The average Bonchev–Trinajstić information content (AvgIpc) is 3.13. The second kappa shape index (κ2) is 30.4. The maximum absolute atomic E-state index is 11.3. The number of thioether (sulfide) groups is 1. The Balaban J connectivity index is 0. The molecule has 2 aromatic carbocycles. The SMILES string of the molecule is C/C=C/C(=O)C(C)(C)O.CC(CC(=O)C(C)(C)O)SCC(=O)O.CC1=C(C)Nc2ccccc2C1.CC1=C(C)Nc2ccccc2C1.CCNCC.CCNCC. The highest BCUT2D eigenvalue weighted by atomic mass is 32.2. The molecule has 0 aliphatic carbocycles. The van der Waals surface area contributed by atoms with E-state index in [1.54, 1.807) is 19.9 Å². The average molecular weight is 813 g/mol. The molecule has 0 saturated carbocycles. The van der Waals surface area contributed by atoms with Crippen LogP contribution in [0.2, 0.25) is 0 Å². The van der Waals surface area contributed by atoms with Crippen LogP contribution in [0, 0.1) is 0 Å². The van der Waals surface area contributed by atoms with E-state index in [1.165, 1.54) is 90.6 Å². The van der Waals surface area contributed by atoms with E-state index in [1.807, 2.05) is 0 Å². The molecule has 0 aromatic heterocycles. The topological polar surface area (TPSA) is 160 Å². The van der Waals surface area contributed by atoms with Crippen molar-refractivity contribution in [3.63, 3.8) is 0 Å². The first kappa shape index (κ1) is 55.4. The van der Waals surface area contributed by atoms with Gasteiger partial charge in [0, 0.05) is 34.4 Å². The van der Waals surface area contributed by atoms with Crippen LogP contribution >= 0.6 is 11.8 Å². The number of nitrogens with one attached hydrogen (secondary N) is 4. The molecule has 10 nitrogen and oxygen atoms in total. The van der Waals surface area contributed by atoms with Crippen LogP contribution in [0.3, 0.4) is 0 Å². The van der Waals surface area contributed by atoms with E-state index in [9.17, 15) is 19.5 Å². The number of aliphatic hydroxyl groups is 2. The van der Waals surface area contributed by atoms with Gasteiger partial charge in [-0.2, -0.15) is 0 Å². The zero-order chi connectivity index (χ0) is 44.2. The van der Waals surface area contributed by atoms with E-state index in [-0.39, 0.29) is 29.0 Å². The lowest BCUT2D eigenvalue weighted by atomic mass is 9.99. The number of allylic oxidation sites excluding steroid dienone is 5. The van der Waals surface area contributed by atoms with Gasteiger partial charge in [0.05, 0.1) is 5.75 Å². The summed E-state index contributed by atoms with van der Waals surface area (Å²) in [6, 6.07) is 16.9. The molecule has 57 heavy (non-hydrogen) atoms. The highest BCUT2D eigenvalue weighted by Crippen LogP contribution is 2.27. The number of ketones is 2. The maximum Gasteiger partial charge on any atom is 0.313 e. The Bertz CT molecular complexity index is 1430. The molecule has 2 aromatic rings. The number of fused-ring (bicyclic) bond motifs is 2. The number of carboxylic acids is 1. The third-order valence-electron chi connectivity index (χ3n) is 8.44. The Morgan fingerprint density at radius 2 is 1.12 bits per heavy atom. The van der Waals surface area contributed by atoms with Crippen LogP contribution in [0.15, 0.2) is 83.2 Å². The van der Waals surface area contributed by atoms with Gasteiger partial charge in [-0.1, -0.05) is 77.1 Å². The van der Waals surface area contributed by atoms with Crippen LogP contribution in [0.1, 0.15) is 114 Å². The molecule has 1 unspecified atom stereocenters. The van der Waals surface area contributed by atoms with Gasteiger partial charge in [-0.05, 0) is 142 Å². The van der Waals surface area contributed by atoms with Crippen molar-refractivity contribution in [3.8, 4) is 0 Å². The van der Waals surface area contributed by atoms with E-state index in [0.717, 1.165) is 39.0 Å². The number of hydrogen-bond donors (Lipinski definition) is 7. The molecule has 2 heterocycles. The molecule has 0 spiro atoms. The number of aliphatic carboxylic acids is 1. The molecular weight excluding hydrogens is 737 g/mol. The van der Waals surface area contributed by atoms with E-state index in [2.05, 4.69) is 125 Å². The first-order chi connectivity index (χ1) is 26.6. The van der Waals surface area contributed by atoms with Crippen LogP contribution in [0.25, 0.3) is 0 Å². The Morgan fingerprint density at radius 3 is 1.40 bits per heavy atom. The minimum Gasteiger partial charge on any atom is -0.481 e. The van der Waals surface area contributed by atoms with Gasteiger partial charge in [-0.25, -0.2) is 0 Å². The third-order valence-corrected chi connectivity index (χ3v) is 9.59. The maximum atomic E-state index is 11.3. The molecule has 0 bridgehead atoms. The lowest BCUT2D eigenvalue weighted by molar-refractivity contribution is -0.134. The third kappa shape index (κ3) is 26.7. The van der Waals surface area contributed by atoms with Gasteiger partial charge in [0.25, 0.3) is 0 Å². The van der Waals surface area contributed by atoms with Crippen molar-refractivity contribution in [3.05, 3.63) is 94.4 Å². The number of Topliss-reactive ketones (excluding diaryl/α,β-unsaturated/α-hetero) is 1. The molecule has 0 radical (unpaired) electrons. The fourth-order valence-corrected chi connectivity index (χ4v) is 5.38. The fourth-order valence-electron chi connectivity index (χ4n) is 4.69. The van der Waals surface area contributed by atoms with Gasteiger partial charge >= 0.3 is 5.97 Å². The van der Waals surface area contributed by atoms with Crippen molar-refractivity contribution in [1.82, 2.24) is 10.6 Å². The molecule has 1 atom stereocenters. The van der Waals surface area contributed by atoms with Gasteiger partial charge in [0.15, 0.2) is 11.6 Å². The molecule has 0 fully saturated rings. The van der Waals surface area contributed by atoms with Crippen molar-refractivity contribution in [2.45, 2.75) is 133 Å². The number of carboxylic acid groups (broad SMARTS) is 1. The second-order valence-electron chi connectivity index (χ2n) is 14.8. The number of carbonyl (C=O) groups excluding carboxylic acids is 2. The molecular formula is C46H76N4O6S. The zero-order valence-electron chi connectivity index (χ0n) is 37.5. The number of hydrogen-bond acceptors (Lipinski definition) is 10. The zero-order valence-corrected chi connectivity index (χ0v) is 38.3. The molecule has 322 valence electrons. The lowest BCUT2D eigenvalue weighted by Crippen LogP contribution is -2.32. The summed E-state index contributed by atoms with van der Waals surface area (Å²) in [6.45, 7) is 30.7. The molecule has 2 aliphatic heterocycles. The van der Waals surface area contributed by atoms with E-state index < -0.39 is 17.2 Å². The van der Waals surface area contributed by atoms with Gasteiger partial charge in [0.2, 0.25) is 0 Å². The Labute approximate surface area is 349 Å². The van der Waals surface area contributed by atoms with Gasteiger partial charge in [0.1, 0.15) is 11.2 Å². The fraction of sp³-hybridized carbons (Fsp3) is 0.543. The second-order valence-corrected chi connectivity index (χ2v) is 16.2. The van der Waals surface area contributed by atoms with Gasteiger partial charge in [-0.15, -0.1) is 11.8 Å². The molecule has 4 rings (SSSR count). The quantitative estimate of drug-likeness (QED) is 0.103. The van der Waals surface area contributed by atoms with E-state index in [0.29, 0.717) is 0 Å². The minimum absolute atomic E-state index is 0.0136. The molecule has 0 amide bonds. The van der Waals surface area contributed by atoms with Crippen molar-refractivity contribution in [1.29, 1.82) is 0 Å². The Hall–Kier alpha value is -3.74. The summed E-state index contributed by atoms with van der Waals surface area (Å²) in [7, 11) is 0. The van der Waals surface area contributed by atoms with Gasteiger partial charge in [-0.3, -0.25) is 14.4 Å². The van der Waals surface area contributed by atoms with Crippen molar-refractivity contribution in [2.24, 2.45) is 0 Å². The van der Waals surface area contributed by atoms with Crippen LogP contribution in [0.5, 0.6) is 0 Å². The highest BCUT2D eigenvalue weighted by molar-refractivity contribution is 8.00. The van der Waals surface area contributed by atoms with Crippen molar-refractivity contribution in [2.75, 3.05) is 42.6 Å². The normalized spacial score (nSPS) is 13.3. The number of rotatable bonds is 12. The number of benzene rings is 2. The number of para-hydroxylation sites is 2. The van der Waals surface area contributed by atoms with Crippen LogP contribution in [-0.4, -0.2) is 81.2 Å². The minimum atomic E-state index is -1.32. The summed E-state index contributed by atoms with van der Waals surface area (Å²) in [5.41, 5.74) is 8.28. The summed E-state index contributed by atoms with van der Waals surface area (Å²) < 4.78 is 0. The molecule has 11 heteroatoms.